The molecule has 0 saturated heterocycles. The molecular formula is C21H24N2O3. The maximum atomic E-state index is 12.9. The van der Waals surface area contributed by atoms with Crippen LogP contribution in [0.4, 0.5) is 0 Å². The third-order valence-corrected chi connectivity index (χ3v) is 5.15. The third kappa shape index (κ3) is 3.34. The van der Waals surface area contributed by atoms with E-state index >= 15 is 0 Å². The van der Waals surface area contributed by atoms with E-state index in [1.165, 1.54) is 19.3 Å². The molecule has 4 rings (SSSR count). The Balaban J connectivity index is 1.63. The van der Waals surface area contributed by atoms with Gasteiger partial charge in [-0.25, -0.2) is 0 Å². The van der Waals surface area contributed by atoms with Crippen LogP contribution in [0.1, 0.15) is 48.2 Å². The number of furan rings is 1. The van der Waals surface area contributed by atoms with Crippen molar-refractivity contribution in [2.75, 3.05) is 7.11 Å². The Kier molecular flexibility index (Phi) is 4.69. The molecule has 1 amide bonds. The third-order valence-electron chi connectivity index (χ3n) is 5.15. The SMILES string of the molecule is COc1cccc(Cn2c(C(=O)NC3CCCCC3)cc3ccoc32)c1. The number of ether oxygens (including phenoxy) is 1. The quantitative estimate of drug-likeness (QED) is 0.742. The van der Waals surface area contributed by atoms with Crippen molar-refractivity contribution in [3.63, 3.8) is 0 Å². The Labute approximate surface area is 152 Å². The van der Waals surface area contributed by atoms with Crippen molar-refractivity contribution in [1.29, 1.82) is 0 Å². The highest BCUT2D eigenvalue weighted by molar-refractivity contribution is 5.97. The predicted molar refractivity (Wildman–Crippen MR) is 101 cm³/mol. The van der Waals surface area contributed by atoms with Gasteiger partial charge in [-0.3, -0.25) is 4.79 Å². The van der Waals surface area contributed by atoms with Gasteiger partial charge >= 0.3 is 0 Å². The van der Waals surface area contributed by atoms with Gasteiger partial charge in [0.1, 0.15) is 11.4 Å². The molecule has 1 fully saturated rings. The number of benzene rings is 1. The number of hydrogen-bond donors (Lipinski definition) is 1. The lowest BCUT2D eigenvalue weighted by molar-refractivity contribution is 0.0918. The van der Waals surface area contributed by atoms with Crippen LogP contribution in [0.25, 0.3) is 11.1 Å². The molecule has 0 atom stereocenters. The Hall–Kier alpha value is -2.69. The second-order valence-electron chi connectivity index (χ2n) is 6.96. The van der Waals surface area contributed by atoms with Crippen LogP contribution in [0, 0.1) is 0 Å². The summed E-state index contributed by atoms with van der Waals surface area (Å²) in [7, 11) is 1.66. The Bertz CT molecular complexity index is 903. The first kappa shape index (κ1) is 16.8. The summed E-state index contributed by atoms with van der Waals surface area (Å²) in [6.45, 7) is 0.557. The first-order chi connectivity index (χ1) is 12.7. The average Bonchev–Trinajstić information content (AvgIpc) is 3.25. The van der Waals surface area contributed by atoms with Gasteiger partial charge in [-0.1, -0.05) is 31.4 Å². The molecule has 1 saturated carbocycles. The van der Waals surface area contributed by atoms with Gasteiger partial charge in [-0.2, -0.15) is 0 Å². The standard InChI is InChI=1S/C21H24N2O3/c1-25-18-9-5-6-15(12-18)14-23-19(13-16-10-11-26-21(16)23)20(24)22-17-7-3-2-4-8-17/h5-6,9-13,17H,2-4,7-8,14H2,1H3,(H,22,24). The van der Waals surface area contributed by atoms with Crippen molar-refractivity contribution in [3.05, 3.63) is 53.9 Å². The fraction of sp³-hybridized carbons (Fsp3) is 0.381. The van der Waals surface area contributed by atoms with Crippen LogP contribution in [-0.4, -0.2) is 23.6 Å². The summed E-state index contributed by atoms with van der Waals surface area (Å²) in [5, 5.41) is 4.15. The number of nitrogens with zero attached hydrogens (tertiary/aromatic N) is 1. The highest BCUT2D eigenvalue weighted by Gasteiger charge is 2.21. The number of hydrogen-bond acceptors (Lipinski definition) is 3. The van der Waals surface area contributed by atoms with Gasteiger partial charge in [0.15, 0.2) is 0 Å². The minimum atomic E-state index is -0.0220. The molecule has 136 valence electrons. The summed E-state index contributed by atoms with van der Waals surface area (Å²) in [6.07, 6.45) is 7.45. The van der Waals surface area contributed by atoms with Crippen molar-refractivity contribution in [2.45, 2.75) is 44.7 Å². The molecule has 26 heavy (non-hydrogen) atoms. The number of nitrogens with one attached hydrogen (secondary N) is 1. The van der Waals surface area contributed by atoms with Crippen LogP contribution in [-0.2, 0) is 6.54 Å². The van der Waals surface area contributed by atoms with E-state index in [4.69, 9.17) is 9.15 Å². The van der Waals surface area contributed by atoms with Crippen LogP contribution in [0.5, 0.6) is 5.75 Å². The number of methoxy groups -OCH3 is 1. The molecule has 1 aliphatic rings. The maximum Gasteiger partial charge on any atom is 0.268 e. The number of carbonyl (C=O) groups excluding carboxylic acids is 1. The Morgan fingerprint density at radius 1 is 1.23 bits per heavy atom. The molecule has 0 aliphatic heterocycles. The lowest BCUT2D eigenvalue weighted by atomic mass is 9.95. The van der Waals surface area contributed by atoms with Crippen LogP contribution in [0.2, 0.25) is 0 Å². The van der Waals surface area contributed by atoms with Gasteiger partial charge in [0.05, 0.1) is 19.9 Å². The molecule has 2 aromatic heterocycles. The van der Waals surface area contributed by atoms with Gasteiger partial charge in [0, 0.05) is 11.4 Å². The summed E-state index contributed by atoms with van der Waals surface area (Å²) < 4.78 is 12.9. The molecule has 1 aliphatic carbocycles. The van der Waals surface area contributed by atoms with Crippen molar-refractivity contribution >= 4 is 17.0 Å². The van der Waals surface area contributed by atoms with Crippen LogP contribution < -0.4 is 10.1 Å². The highest BCUT2D eigenvalue weighted by Crippen LogP contribution is 2.24. The van der Waals surface area contributed by atoms with Crippen molar-refractivity contribution in [2.24, 2.45) is 0 Å². The van der Waals surface area contributed by atoms with Crippen LogP contribution >= 0.6 is 0 Å². The molecule has 5 nitrogen and oxygen atoms in total. The Morgan fingerprint density at radius 2 is 2.08 bits per heavy atom. The molecule has 3 aromatic rings. The van der Waals surface area contributed by atoms with E-state index < -0.39 is 0 Å². The van der Waals surface area contributed by atoms with E-state index in [0.29, 0.717) is 12.2 Å². The summed E-state index contributed by atoms with van der Waals surface area (Å²) in [5.41, 5.74) is 2.43. The largest absolute Gasteiger partial charge is 0.497 e. The number of amides is 1. The predicted octanol–water partition coefficient (Wildman–Crippen LogP) is 4.35. The average molecular weight is 352 g/mol. The monoisotopic (exact) mass is 352 g/mol. The van der Waals surface area contributed by atoms with E-state index in [2.05, 4.69) is 5.32 Å². The molecule has 2 heterocycles. The zero-order valence-electron chi connectivity index (χ0n) is 15.0. The topological polar surface area (TPSA) is 56.4 Å². The number of aromatic nitrogens is 1. The normalized spacial score (nSPS) is 15.3. The van der Waals surface area contributed by atoms with Crippen molar-refractivity contribution < 1.29 is 13.9 Å². The molecular weight excluding hydrogens is 328 g/mol. The zero-order chi connectivity index (χ0) is 17.9. The van der Waals surface area contributed by atoms with Gasteiger partial charge < -0.3 is 19.0 Å². The van der Waals surface area contributed by atoms with E-state index in [0.717, 1.165) is 35.3 Å². The summed E-state index contributed by atoms with van der Waals surface area (Å²) in [4.78, 5) is 12.9. The molecule has 0 unspecified atom stereocenters. The van der Waals surface area contributed by atoms with Crippen LogP contribution in [0.15, 0.2) is 47.1 Å². The molecule has 0 radical (unpaired) electrons. The van der Waals surface area contributed by atoms with E-state index in [1.54, 1.807) is 13.4 Å². The van der Waals surface area contributed by atoms with Gasteiger partial charge in [0.2, 0.25) is 5.71 Å². The first-order valence-electron chi connectivity index (χ1n) is 9.25. The maximum absolute atomic E-state index is 12.9. The van der Waals surface area contributed by atoms with Crippen molar-refractivity contribution in [3.8, 4) is 5.75 Å². The van der Waals surface area contributed by atoms with Gasteiger partial charge in [-0.15, -0.1) is 0 Å². The number of carbonyl (C=O) groups is 1. The summed E-state index contributed by atoms with van der Waals surface area (Å²) in [6, 6.07) is 12.0. The van der Waals surface area contributed by atoms with E-state index in [-0.39, 0.29) is 11.9 Å². The second kappa shape index (κ2) is 7.28. The first-order valence-corrected chi connectivity index (χ1v) is 9.25. The van der Waals surface area contributed by atoms with Crippen LogP contribution in [0.3, 0.4) is 0 Å². The molecule has 1 aromatic carbocycles. The number of rotatable bonds is 5. The van der Waals surface area contributed by atoms with Crippen molar-refractivity contribution in [1.82, 2.24) is 9.88 Å². The highest BCUT2D eigenvalue weighted by atomic mass is 16.5. The fourth-order valence-electron chi connectivity index (χ4n) is 3.78. The molecule has 0 spiro atoms. The summed E-state index contributed by atoms with van der Waals surface area (Å²) >= 11 is 0. The second-order valence-corrected chi connectivity index (χ2v) is 6.96. The van der Waals surface area contributed by atoms with Gasteiger partial charge in [-0.05, 0) is 42.7 Å². The van der Waals surface area contributed by atoms with E-state index in [1.807, 2.05) is 41.0 Å². The molecule has 5 heteroatoms. The lowest BCUT2D eigenvalue weighted by Crippen LogP contribution is -2.37. The zero-order valence-corrected chi connectivity index (χ0v) is 15.0. The summed E-state index contributed by atoms with van der Waals surface area (Å²) in [5.74, 6) is 0.782. The van der Waals surface area contributed by atoms with Gasteiger partial charge in [0.25, 0.3) is 5.91 Å². The minimum absolute atomic E-state index is 0.0220. The Morgan fingerprint density at radius 3 is 2.88 bits per heavy atom. The van der Waals surface area contributed by atoms with E-state index in [9.17, 15) is 4.79 Å². The molecule has 0 bridgehead atoms. The fourth-order valence-corrected chi connectivity index (χ4v) is 3.78. The minimum Gasteiger partial charge on any atom is -0.497 e. The molecule has 1 N–H and O–H groups in total. The number of fused-ring (bicyclic) bond motifs is 1. The smallest absolute Gasteiger partial charge is 0.268 e. The lowest BCUT2D eigenvalue weighted by Gasteiger charge is -2.23.